The molecule has 1 aromatic heterocycles. The van der Waals surface area contributed by atoms with Crippen LogP contribution in [0.25, 0.3) is 0 Å². The number of aliphatic carboxylic acids is 1. The number of phenols is 2. The quantitative estimate of drug-likeness (QED) is 0.0612. The molecule has 4 heterocycles. The molecule has 0 radical (unpaired) electrons. The molecule has 18 heteroatoms. The van der Waals surface area contributed by atoms with Crippen molar-refractivity contribution in [3.05, 3.63) is 45.1 Å². The predicted octanol–water partition coefficient (Wildman–Crippen LogP) is 2.48. The molecular formula is C31H39ClN7O8S2+. The number of quaternary nitrogens is 1. The van der Waals surface area contributed by atoms with Crippen LogP contribution in [0.5, 0.6) is 11.5 Å². The summed E-state index contributed by atoms with van der Waals surface area (Å²) in [5.41, 5.74) is 5.84. The number of fused-ring (bicyclic) bond motifs is 1. The van der Waals surface area contributed by atoms with Gasteiger partial charge < -0.3 is 41.0 Å². The van der Waals surface area contributed by atoms with Gasteiger partial charge in [0.05, 0.1) is 36.8 Å². The fourth-order valence-corrected chi connectivity index (χ4v) is 8.49. The van der Waals surface area contributed by atoms with E-state index in [1.165, 1.54) is 31.4 Å². The highest BCUT2D eigenvalue weighted by Gasteiger charge is 2.54. The Morgan fingerprint density at radius 3 is 2.57 bits per heavy atom. The van der Waals surface area contributed by atoms with Crippen molar-refractivity contribution >= 4 is 69.2 Å². The van der Waals surface area contributed by atoms with Crippen molar-refractivity contribution in [1.29, 1.82) is 0 Å². The number of hydrogen-bond donors (Lipinski definition) is 6. The number of aromatic nitrogens is 1. The monoisotopic (exact) mass is 736 g/mol. The van der Waals surface area contributed by atoms with Crippen molar-refractivity contribution in [3.8, 4) is 11.5 Å². The molecule has 2 saturated heterocycles. The van der Waals surface area contributed by atoms with Crippen LogP contribution in [-0.2, 0) is 19.2 Å². The van der Waals surface area contributed by atoms with E-state index in [9.17, 15) is 34.5 Å². The number of oxime groups is 1. The number of halogens is 1. The number of benzene rings is 1. The van der Waals surface area contributed by atoms with E-state index < -0.39 is 40.9 Å². The number of likely N-dealkylation sites (tertiary alicyclic amines) is 1. The Morgan fingerprint density at radius 2 is 1.94 bits per heavy atom. The number of hydrogen-bond acceptors (Lipinski definition) is 12. The predicted molar refractivity (Wildman–Crippen MR) is 184 cm³/mol. The van der Waals surface area contributed by atoms with Gasteiger partial charge in [0.2, 0.25) is 5.60 Å². The average Bonchev–Trinajstić information content (AvgIpc) is 3.69. The third kappa shape index (κ3) is 7.29. The van der Waals surface area contributed by atoms with Crippen LogP contribution in [0.4, 0.5) is 5.13 Å². The Labute approximate surface area is 295 Å². The fourth-order valence-electron chi connectivity index (χ4n) is 6.15. The topological polar surface area (TPSA) is 217 Å². The van der Waals surface area contributed by atoms with Crippen molar-refractivity contribution in [3.63, 3.8) is 0 Å². The summed E-state index contributed by atoms with van der Waals surface area (Å²) in [6, 6.07) is 1.71. The lowest BCUT2D eigenvalue weighted by Gasteiger charge is -2.52. The van der Waals surface area contributed by atoms with Gasteiger partial charge in [0.15, 0.2) is 22.3 Å². The van der Waals surface area contributed by atoms with E-state index in [1.807, 2.05) is 6.92 Å². The molecule has 0 bridgehead atoms. The summed E-state index contributed by atoms with van der Waals surface area (Å²) in [5.74, 6) is -3.73. The lowest BCUT2D eigenvalue weighted by Crippen LogP contribution is -2.71. The zero-order valence-corrected chi connectivity index (χ0v) is 29.7. The Morgan fingerprint density at radius 1 is 1.24 bits per heavy atom. The molecule has 7 N–H and O–H groups in total. The van der Waals surface area contributed by atoms with Crippen LogP contribution in [0.3, 0.4) is 0 Å². The second-order valence-corrected chi connectivity index (χ2v) is 15.5. The number of nitrogen functional groups attached to an aromatic ring is 1. The molecule has 3 amide bonds. The summed E-state index contributed by atoms with van der Waals surface area (Å²) in [5, 5.41) is 39.5. The highest BCUT2D eigenvalue weighted by Crippen LogP contribution is 2.45. The Balaban J connectivity index is 1.27. The Kier molecular flexibility index (Phi) is 10.4. The molecule has 3 aliphatic rings. The van der Waals surface area contributed by atoms with Crippen molar-refractivity contribution in [2.24, 2.45) is 5.16 Å². The van der Waals surface area contributed by atoms with Gasteiger partial charge >= 0.3 is 5.97 Å². The molecule has 15 nitrogen and oxygen atoms in total. The first-order valence-corrected chi connectivity index (χ1v) is 17.8. The SMILES string of the molecule is CC1=C(C[N+]2(CCNC(=O)c3ccc(O)c(O)c3Cl)CCCC2)[C@H](C)S[C@@H]2[C@H](NC(=O)/C(=N\OC(C)(C)C(=O)O)c3csc(N)n3)C(=O)N12. The maximum absolute atomic E-state index is 13.5. The number of phenolic OH excluding ortho intramolecular Hbond substituents is 2. The van der Waals surface area contributed by atoms with Gasteiger partial charge in [0.25, 0.3) is 17.7 Å². The first-order valence-electron chi connectivity index (χ1n) is 15.6. The van der Waals surface area contributed by atoms with Crippen molar-refractivity contribution < 1.29 is 43.8 Å². The number of anilines is 1. The zero-order chi connectivity index (χ0) is 35.8. The maximum atomic E-state index is 13.5. The smallest absolute Gasteiger partial charge is 0.350 e. The summed E-state index contributed by atoms with van der Waals surface area (Å²) in [7, 11) is 0. The number of allylic oxidation sites excluding steroid dienone is 1. The van der Waals surface area contributed by atoms with Gasteiger partial charge in [-0.3, -0.25) is 19.3 Å². The molecule has 2 fully saturated rings. The van der Waals surface area contributed by atoms with Crippen molar-refractivity contribution in [2.45, 2.75) is 62.8 Å². The zero-order valence-electron chi connectivity index (χ0n) is 27.4. The van der Waals surface area contributed by atoms with Crippen molar-refractivity contribution in [2.75, 3.05) is 38.5 Å². The highest BCUT2D eigenvalue weighted by atomic mass is 35.5. The summed E-state index contributed by atoms with van der Waals surface area (Å²) in [4.78, 5) is 62.3. The largest absolute Gasteiger partial charge is 0.504 e. The van der Waals surface area contributed by atoms with Gasteiger partial charge in [-0.25, -0.2) is 9.78 Å². The Hall–Kier alpha value is -4.06. The first kappa shape index (κ1) is 36.2. The molecule has 1 aromatic carbocycles. The fraction of sp³-hybridized carbons (Fsp3) is 0.484. The molecule has 3 atom stereocenters. The number of carboxylic acid groups (broad SMARTS) is 1. The number of carboxylic acids is 1. The number of β-lactam (4-membered cyclic amide) rings is 1. The third-order valence-corrected chi connectivity index (χ3v) is 11.6. The van der Waals surface area contributed by atoms with E-state index in [2.05, 4.69) is 27.7 Å². The summed E-state index contributed by atoms with van der Waals surface area (Å²) < 4.78 is 0.725. The van der Waals surface area contributed by atoms with Gasteiger partial charge in [-0.05, 0) is 39.8 Å². The van der Waals surface area contributed by atoms with Crippen LogP contribution < -0.4 is 16.4 Å². The van der Waals surface area contributed by atoms with Gasteiger partial charge in [-0.15, -0.1) is 23.1 Å². The molecule has 5 rings (SSSR count). The van der Waals surface area contributed by atoms with Gasteiger partial charge in [-0.1, -0.05) is 16.8 Å². The number of nitrogens with two attached hydrogens (primary N) is 1. The molecule has 3 aliphatic heterocycles. The van der Waals surface area contributed by atoms with Crippen LogP contribution >= 0.6 is 34.7 Å². The highest BCUT2D eigenvalue weighted by molar-refractivity contribution is 8.00. The summed E-state index contributed by atoms with van der Waals surface area (Å²) in [6.45, 7) is 10.0. The number of carbonyl (C=O) groups excluding carboxylic acids is 3. The van der Waals surface area contributed by atoms with Crippen molar-refractivity contribution in [1.82, 2.24) is 20.5 Å². The minimum absolute atomic E-state index is 0.0175. The minimum atomic E-state index is -1.73. The number of carbonyl (C=O) groups is 4. The van der Waals surface area contributed by atoms with Crippen LogP contribution in [-0.4, -0.2) is 114 Å². The molecular weight excluding hydrogens is 698 g/mol. The number of nitrogens with one attached hydrogen (secondary N) is 2. The van der Waals surface area contributed by atoms with E-state index >= 15 is 0 Å². The number of thioether (sulfide) groups is 1. The van der Waals surface area contributed by atoms with Crippen LogP contribution in [0.2, 0.25) is 5.02 Å². The summed E-state index contributed by atoms with van der Waals surface area (Å²) in [6.07, 6.45) is 2.06. The molecule has 49 heavy (non-hydrogen) atoms. The number of nitrogens with zero attached hydrogens (tertiary/aromatic N) is 4. The number of thiazole rings is 1. The average molecular weight is 737 g/mol. The minimum Gasteiger partial charge on any atom is -0.504 e. The second kappa shape index (κ2) is 14.0. The molecule has 264 valence electrons. The number of amides is 3. The van der Waals surface area contributed by atoms with E-state index in [1.54, 1.807) is 16.7 Å². The molecule has 0 unspecified atom stereocenters. The standard InChI is InChI=1S/C31H38ClN7O8S2/c1-15-18(13-39(10-5-6-11-39)12-9-34-25(42)17-7-8-20(40)24(41)21(17)32)16(2)49-28-23(27(44)38(15)28)36-26(43)22(19-14-48-30(33)35-19)37-47-31(3,4)29(45)46/h7-8,14,16,23,28H,5-6,9-13H2,1-4H3,(H6-,33,34,35,36,37,40,41,42,43,45,46)/p+1/t16-,23+,28+/m0/s1. The first-order chi connectivity index (χ1) is 23.0. The van der Waals surface area contributed by atoms with E-state index in [-0.39, 0.29) is 43.7 Å². The molecule has 0 saturated carbocycles. The maximum Gasteiger partial charge on any atom is 0.350 e. The Bertz CT molecular complexity index is 1740. The molecule has 0 aliphatic carbocycles. The second-order valence-electron chi connectivity index (χ2n) is 12.8. The van der Waals surface area contributed by atoms with Gasteiger partial charge in [0, 0.05) is 34.7 Å². The molecule has 0 spiro atoms. The van der Waals surface area contributed by atoms with Gasteiger partial charge in [0.1, 0.15) is 23.7 Å². The normalized spacial score (nSPS) is 22.0. The van der Waals surface area contributed by atoms with E-state index in [0.29, 0.717) is 19.6 Å². The number of rotatable bonds is 12. The van der Waals surface area contributed by atoms with Crippen LogP contribution in [0.15, 0.2) is 33.9 Å². The van der Waals surface area contributed by atoms with Gasteiger partial charge in [-0.2, -0.15) is 0 Å². The van der Waals surface area contributed by atoms with Crippen LogP contribution in [0.1, 0.15) is 56.6 Å². The van der Waals surface area contributed by atoms with Crippen LogP contribution in [0, 0.1) is 0 Å². The lowest BCUT2D eigenvalue weighted by molar-refractivity contribution is -0.911. The number of aromatic hydroxyl groups is 2. The molecule has 2 aromatic rings. The summed E-state index contributed by atoms with van der Waals surface area (Å²) >= 11 is 8.71. The van der Waals surface area contributed by atoms with E-state index in [4.69, 9.17) is 22.2 Å². The third-order valence-electron chi connectivity index (χ3n) is 9.08. The lowest BCUT2D eigenvalue weighted by atomic mass is 10.00. The van der Waals surface area contributed by atoms with E-state index in [0.717, 1.165) is 53.0 Å².